The molecule has 0 bridgehead atoms. The summed E-state index contributed by atoms with van der Waals surface area (Å²) in [7, 11) is -1.06. The molecule has 4 aromatic carbocycles. The number of benzene rings is 4. The van der Waals surface area contributed by atoms with Crippen molar-refractivity contribution in [2.24, 2.45) is 6.66 Å². The topological polar surface area (TPSA) is 26.3 Å². The van der Waals surface area contributed by atoms with Gasteiger partial charge in [0.1, 0.15) is 0 Å². The fraction of sp³-hybridized carbons (Fsp3) is 0.0476. The van der Waals surface area contributed by atoms with E-state index in [4.69, 9.17) is 8.39 Å². The van der Waals surface area contributed by atoms with Crippen molar-refractivity contribution in [3.8, 4) is 0 Å². The van der Waals surface area contributed by atoms with E-state index in [1.807, 2.05) is 30.9 Å². The van der Waals surface area contributed by atoms with Crippen LogP contribution in [0.2, 0.25) is 0 Å². The zero-order chi connectivity index (χ0) is 16.1. The molecule has 2 radical (unpaired) electrons. The van der Waals surface area contributed by atoms with Gasteiger partial charge in [0.15, 0.2) is 0 Å². The Kier molecular flexibility index (Phi) is 6.43. The third kappa shape index (κ3) is 3.36. The molecule has 0 aliphatic carbocycles. The molecule has 122 valence electrons. The zero-order valence-corrected chi connectivity index (χ0v) is 20.8. The fourth-order valence-corrected chi connectivity index (χ4v) is 4.13. The maximum Gasteiger partial charge on any atom is 0.208 e. The molecule has 0 saturated heterocycles. The Morgan fingerprint density at radius 1 is 0.692 bits per heavy atom. The number of hydrogen-bond donors (Lipinski definition) is 0. The summed E-state index contributed by atoms with van der Waals surface area (Å²) in [6.45, 7) is 1.96. The SMILES string of the molecule is Cp1oc2[c-]cc3ccccc3c2c2c([c-]cc3ccccc32)o1.[Y].[Y]. The molecular weight excluding hydrogens is 493 g/mol. The first-order valence-electron chi connectivity index (χ1n) is 7.78. The van der Waals surface area contributed by atoms with Crippen molar-refractivity contribution in [1.29, 1.82) is 0 Å². The summed E-state index contributed by atoms with van der Waals surface area (Å²) >= 11 is 0. The molecule has 26 heavy (non-hydrogen) atoms. The number of fused-ring (bicyclic) bond motifs is 7. The second-order valence-corrected chi connectivity index (χ2v) is 7.03. The smallest absolute Gasteiger partial charge is 0.208 e. The zero-order valence-electron chi connectivity index (χ0n) is 14.2. The first-order valence-corrected chi connectivity index (χ1v) is 9.40. The van der Waals surface area contributed by atoms with Crippen LogP contribution in [0.25, 0.3) is 43.5 Å². The molecule has 1 aromatic heterocycles. The number of rotatable bonds is 0. The first-order chi connectivity index (χ1) is 11.8. The molecule has 0 amide bonds. The molecule has 1 heterocycles. The molecule has 0 spiro atoms. The van der Waals surface area contributed by atoms with Crippen LogP contribution in [0.5, 0.6) is 0 Å². The van der Waals surface area contributed by atoms with E-state index in [1.165, 1.54) is 0 Å². The first kappa shape index (κ1) is 20.2. The van der Waals surface area contributed by atoms with Crippen molar-refractivity contribution < 1.29 is 73.8 Å². The minimum Gasteiger partial charge on any atom is -0.447 e. The van der Waals surface area contributed by atoms with Crippen molar-refractivity contribution in [1.82, 2.24) is 0 Å². The average Bonchev–Trinajstić information content (AvgIpc) is 2.77. The van der Waals surface area contributed by atoms with E-state index in [-0.39, 0.29) is 65.4 Å². The average molecular weight is 506 g/mol. The summed E-state index contributed by atoms with van der Waals surface area (Å²) in [6.07, 6.45) is 0. The quantitative estimate of drug-likeness (QED) is 0.218. The number of aryl methyl sites for hydroxylation is 1. The van der Waals surface area contributed by atoms with E-state index in [0.717, 1.165) is 43.5 Å². The Labute approximate surface area is 202 Å². The fourth-order valence-electron chi connectivity index (χ4n) is 3.29. The van der Waals surface area contributed by atoms with Gasteiger partial charge in [-0.25, -0.2) is 0 Å². The molecule has 5 rings (SSSR count). The van der Waals surface area contributed by atoms with Gasteiger partial charge in [-0.1, -0.05) is 36.4 Å². The second-order valence-electron chi connectivity index (χ2n) is 5.78. The van der Waals surface area contributed by atoms with E-state index in [0.29, 0.717) is 0 Å². The van der Waals surface area contributed by atoms with Gasteiger partial charge in [-0.3, -0.25) is 0 Å². The van der Waals surface area contributed by atoms with Crippen molar-refractivity contribution in [3.05, 3.63) is 72.8 Å². The van der Waals surface area contributed by atoms with Crippen LogP contribution in [0.4, 0.5) is 0 Å². The van der Waals surface area contributed by atoms with Crippen LogP contribution in [0.3, 0.4) is 0 Å². The van der Waals surface area contributed by atoms with Gasteiger partial charge in [0.25, 0.3) is 0 Å². The van der Waals surface area contributed by atoms with Gasteiger partial charge in [-0.2, -0.15) is 12.1 Å². The largest absolute Gasteiger partial charge is 0.447 e. The molecule has 0 N–H and O–H groups in total. The van der Waals surface area contributed by atoms with E-state index >= 15 is 0 Å². The van der Waals surface area contributed by atoms with Crippen LogP contribution in [0, 0.1) is 12.1 Å². The van der Waals surface area contributed by atoms with Crippen molar-refractivity contribution >= 4 is 51.5 Å². The normalized spacial score (nSPS) is 10.7. The minimum atomic E-state index is -1.06. The molecule has 0 aliphatic heterocycles. The maximum absolute atomic E-state index is 6.06. The summed E-state index contributed by atoms with van der Waals surface area (Å²) in [5, 5.41) is 6.66. The third-order valence-corrected chi connectivity index (χ3v) is 5.20. The third-order valence-electron chi connectivity index (χ3n) is 4.32. The van der Waals surface area contributed by atoms with Crippen molar-refractivity contribution in [2.75, 3.05) is 0 Å². The Morgan fingerprint density at radius 3 is 1.58 bits per heavy atom. The second kappa shape index (κ2) is 8.25. The van der Waals surface area contributed by atoms with Gasteiger partial charge >= 0.3 is 0 Å². The van der Waals surface area contributed by atoms with Crippen LogP contribution < -0.4 is 0 Å². The van der Waals surface area contributed by atoms with E-state index in [1.54, 1.807) is 0 Å². The van der Waals surface area contributed by atoms with E-state index < -0.39 is 8.01 Å². The molecule has 0 aliphatic rings. The van der Waals surface area contributed by atoms with Crippen LogP contribution in [0.1, 0.15) is 0 Å². The van der Waals surface area contributed by atoms with Gasteiger partial charge in [0.2, 0.25) is 8.01 Å². The minimum absolute atomic E-state index is 0. The molecule has 5 heteroatoms. The molecule has 0 atom stereocenters. The summed E-state index contributed by atoms with van der Waals surface area (Å²) in [4.78, 5) is 0. The molecule has 0 saturated carbocycles. The van der Waals surface area contributed by atoms with Gasteiger partial charge in [0, 0.05) is 83.2 Å². The molecule has 2 nitrogen and oxygen atoms in total. The van der Waals surface area contributed by atoms with Gasteiger partial charge < -0.3 is 8.39 Å². The predicted molar refractivity (Wildman–Crippen MR) is 100.0 cm³/mol. The Hall–Kier alpha value is -0.492. The maximum atomic E-state index is 6.06. The number of hydrogen-bond acceptors (Lipinski definition) is 2. The summed E-state index contributed by atoms with van der Waals surface area (Å²) in [6, 6.07) is 27.2. The van der Waals surface area contributed by atoms with Gasteiger partial charge in [0.05, 0.1) is 0 Å². The summed E-state index contributed by atoms with van der Waals surface area (Å²) < 4.78 is 12.1. The van der Waals surface area contributed by atoms with Gasteiger partial charge in [-0.05, 0) is 0 Å². The van der Waals surface area contributed by atoms with Crippen LogP contribution in [-0.2, 0) is 72.1 Å². The van der Waals surface area contributed by atoms with Crippen LogP contribution >= 0.6 is 8.01 Å². The molecule has 5 aromatic rings. The predicted octanol–water partition coefficient (Wildman–Crippen LogP) is 6.73. The summed E-state index contributed by atoms with van der Waals surface area (Å²) in [5.74, 6) is 0. The molecule has 0 fully saturated rings. The Morgan fingerprint density at radius 2 is 1.12 bits per heavy atom. The van der Waals surface area contributed by atoms with Crippen molar-refractivity contribution in [3.63, 3.8) is 0 Å². The Bertz CT molecular complexity index is 1180. The van der Waals surface area contributed by atoms with Crippen LogP contribution in [0.15, 0.2) is 69.1 Å². The molecular formula is C21H13O2PY2-2. The van der Waals surface area contributed by atoms with Crippen molar-refractivity contribution in [2.45, 2.75) is 0 Å². The van der Waals surface area contributed by atoms with Crippen LogP contribution in [-0.4, -0.2) is 0 Å². The Balaban J connectivity index is 0.000000980. The summed E-state index contributed by atoms with van der Waals surface area (Å²) in [5.41, 5.74) is 1.51. The van der Waals surface area contributed by atoms with Gasteiger partial charge in [-0.15, -0.1) is 56.6 Å². The van der Waals surface area contributed by atoms with E-state index in [9.17, 15) is 0 Å². The molecule has 0 unspecified atom stereocenters. The standard InChI is InChI=1S/C21H13O2P.2Y/c1-24-22-18-12-10-14-6-2-4-8-16(14)20(18)21-17-9-5-3-7-15(17)11-13-19(21)23-24;;/h2-11H,1H3;;/q-2;;. The van der Waals surface area contributed by atoms with E-state index in [2.05, 4.69) is 48.5 Å². The monoisotopic (exact) mass is 506 g/mol.